The van der Waals surface area contributed by atoms with Crippen molar-refractivity contribution in [3.05, 3.63) is 140 Å². The molecule has 0 atom stereocenters. The Morgan fingerprint density at radius 3 is 2.33 bits per heavy atom. The van der Waals surface area contributed by atoms with Crippen LogP contribution < -0.4 is 21.3 Å². The minimum absolute atomic E-state index is 0.00202. The number of hydrogen-bond donors (Lipinski definition) is 1. The number of halogens is 1. The van der Waals surface area contributed by atoms with Crippen LogP contribution in [0, 0.1) is 12.7 Å². The number of carbonyl (C=O) groups is 1. The molecule has 1 N–H and O–H groups in total. The number of hydrogen-bond acceptors (Lipinski definition) is 4. The summed E-state index contributed by atoms with van der Waals surface area (Å²) >= 11 is 0. The highest BCUT2D eigenvalue weighted by molar-refractivity contribution is 5.97. The third kappa shape index (κ3) is 5.36. The SMILES string of the molecule is COc1ccc(-n2c(=O)c3ccc(C(=O)NCc4ccc(C)cc4)cc3n(Cc3cccc(F)c3)c2=O)cc1. The highest BCUT2D eigenvalue weighted by Gasteiger charge is 2.17. The van der Waals surface area contributed by atoms with E-state index >= 15 is 0 Å². The lowest BCUT2D eigenvalue weighted by molar-refractivity contribution is 0.0951. The van der Waals surface area contributed by atoms with Crippen molar-refractivity contribution in [3.63, 3.8) is 0 Å². The fourth-order valence-corrected chi connectivity index (χ4v) is 4.43. The van der Waals surface area contributed by atoms with E-state index in [9.17, 15) is 18.8 Å². The largest absolute Gasteiger partial charge is 0.497 e. The van der Waals surface area contributed by atoms with Crippen molar-refractivity contribution >= 4 is 16.8 Å². The lowest BCUT2D eigenvalue weighted by Crippen LogP contribution is -2.39. The van der Waals surface area contributed by atoms with Crippen molar-refractivity contribution in [2.45, 2.75) is 20.0 Å². The van der Waals surface area contributed by atoms with Gasteiger partial charge in [0.2, 0.25) is 0 Å². The van der Waals surface area contributed by atoms with Crippen molar-refractivity contribution in [3.8, 4) is 11.4 Å². The van der Waals surface area contributed by atoms with E-state index in [-0.39, 0.29) is 23.4 Å². The minimum atomic E-state index is -0.612. The van der Waals surface area contributed by atoms with E-state index in [1.165, 1.54) is 29.9 Å². The van der Waals surface area contributed by atoms with Crippen LogP contribution >= 0.6 is 0 Å². The molecule has 5 rings (SSSR count). The van der Waals surface area contributed by atoms with Gasteiger partial charge >= 0.3 is 5.69 Å². The van der Waals surface area contributed by atoms with E-state index in [1.54, 1.807) is 48.5 Å². The van der Waals surface area contributed by atoms with Gasteiger partial charge < -0.3 is 10.1 Å². The van der Waals surface area contributed by atoms with Gasteiger partial charge in [-0.15, -0.1) is 0 Å². The Hall–Kier alpha value is -4.98. The molecule has 0 aliphatic carbocycles. The molecule has 0 unspecified atom stereocenters. The number of ether oxygens (including phenoxy) is 1. The van der Waals surface area contributed by atoms with Crippen molar-refractivity contribution in [2.75, 3.05) is 7.11 Å². The molecule has 0 aliphatic heterocycles. The van der Waals surface area contributed by atoms with Gasteiger partial charge in [-0.05, 0) is 72.6 Å². The Balaban J connectivity index is 1.61. The topological polar surface area (TPSA) is 82.3 Å². The Morgan fingerprint density at radius 1 is 0.897 bits per heavy atom. The van der Waals surface area contributed by atoms with Crippen LogP contribution in [-0.4, -0.2) is 22.2 Å². The average Bonchev–Trinajstić information content (AvgIpc) is 2.95. The molecule has 5 aromatic rings. The van der Waals surface area contributed by atoms with E-state index in [1.807, 2.05) is 31.2 Å². The van der Waals surface area contributed by atoms with E-state index in [0.717, 1.165) is 15.7 Å². The van der Waals surface area contributed by atoms with Gasteiger partial charge in [0.15, 0.2) is 0 Å². The molecule has 39 heavy (non-hydrogen) atoms. The molecule has 0 saturated carbocycles. The van der Waals surface area contributed by atoms with Crippen molar-refractivity contribution in [1.82, 2.24) is 14.5 Å². The minimum Gasteiger partial charge on any atom is -0.497 e. The van der Waals surface area contributed by atoms with Crippen LogP contribution in [0.15, 0.2) is 101 Å². The van der Waals surface area contributed by atoms with Gasteiger partial charge in [-0.25, -0.2) is 13.8 Å². The number of fused-ring (bicyclic) bond motifs is 1. The lowest BCUT2D eigenvalue weighted by Gasteiger charge is -2.16. The molecule has 8 heteroatoms. The van der Waals surface area contributed by atoms with Gasteiger partial charge in [-0.3, -0.25) is 14.2 Å². The third-order valence-corrected chi connectivity index (χ3v) is 6.54. The van der Waals surface area contributed by atoms with Gasteiger partial charge in [0, 0.05) is 12.1 Å². The Kier molecular flexibility index (Phi) is 7.10. The molecule has 0 aliphatic rings. The summed E-state index contributed by atoms with van der Waals surface area (Å²) in [6.45, 7) is 2.31. The van der Waals surface area contributed by atoms with E-state index in [0.29, 0.717) is 29.1 Å². The van der Waals surface area contributed by atoms with Crippen LogP contribution in [0.1, 0.15) is 27.0 Å². The number of nitrogens with zero attached hydrogens (tertiary/aromatic N) is 2. The van der Waals surface area contributed by atoms with Gasteiger partial charge in [0.1, 0.15) is 11.6 Å². The van der Waals surface area contributed by atoms with Crippen molar-refractivity contribution in [2.24, 2.45) is 0 Å². The lowest BCUT2D eigenvalue weighted by atomic mass is 10.1. The van der Waals surface area contributed by atoms with Gasteiger partial charge in [-0.1, -0.05) is 42.0 Å². The van der Waals surface area contributed by atoms with Crippen LogP contribution in [0.3, 0.4) is 0 Å². The normalized spacial score (nSPS) is 10.9. The number of aromatic nitrogens is 2. The zero-order chi connectivity index (χ0) is 27.5. The molecule has 0 fully saturated rings. The Morgan fingerprint density at radius 2 is 1.64 bits per heavy atom. The summed E-state index contributed by atoms with van der Waals surface area (Å²) in [5.41, 5.74) is 2.40. The molecular formula is C31H26FN3O4. The quantitative estimate of drug-likeness (QED) is 0.338. The predicted octanol–water partition coefficient (Wildman–Crippen LogP) is 4.59. The molecule has 1 heterocycles. The van der Waals surface area contributed by atoms with Crippen molar-refractivity contribution < 1.29 is 13.9 Å². The number of rotatable bonds is 7. The zero-order valence-corrected chi connectivity index (χ0v) is 21.5. The fraction of sp³-hybridized carbons (Fsp3) is 0.129. The first-order valence-electron chi connectivity index (χ1n) is 12.4. The van der Waals surface area contributed by atoms with Gasteiger partial charge in [0.05, 0.1) is 30.2 Å². The molecule has 0 radical (unpaired) electrons. The molecule has 4 aromatic carbocycles. The standard InChI is InChI=1S/C31H26FN3O4/c1-20-6-8-21(9-7-20)18-33-29(36)23-10-15-27-28(17-23)34(19-22-4-3-5-24(32)16-22)31(38)35(30(27)37)25-11-13-26(39-2)14-12-25/h3-17H,18-19H2,1-2H3,(H,33,36). The summed E-state index contributed by atoms with van der Waals surface area (Å²) in [7, 11) is 1.53. The maximum Gasteiger partial charge on any atom is 0.336 e. The summed E-state index contributed by atoms with van der Waals surface area (Å²) in [6, 6.07) is 24.9. The van der Waals surface area contributed by atoms with Crippen LogP contribution in [0.2, 0.25) is 0 Å². The van der Waals surface area contributed by atoms with Gasteiger partial charge in [0.25, 0.3) is 11.5 Å². The molecule has 196 valence electrons. The highest BCUT2D eigenvalue weighted by Crippen LogP contribution is 2.17. The molecule has 1 amide bonds. The summed E-state index contributed by atoms with van der Waals surface area (Å²) in [4.78, 5) is 40.3. The van der Waals surface area contributed by atoms with Gasteiger partial charge in [-0.2, -0.15) is 0 Å². The van der Waals surface area contributed by atoms with Crippen LogP contribution in [0.4, 0.5) is 4.39 Å². The molecule has 0 saturated heterocycles. The Labute approximate surface area is 223 Å². The van der Waals surface area contributed by atoms with Crippen molar-refractivity contribution in [1.29, 1.82) is 0 Å². The maximum atomic E-state index is 14.0. The van der Waals surface area contributed by atoms with E-state index in [2.05, 4.69) is 5.32 Å². The smallest absolute Gasteiger partial charge is 0.336 e. The summed E-state index contributed by atoms with van der Waals surface area (Å²) in [5.74, 6) is -0.208. The second-order valence-corrected chi connectivity index (χ2v) is 9.24. The molecular weight excluding hydrogens is 497 g/mol. The zero-order valence-electron chi connectivity index (χ0n) is 21.5. The molecule has 0 bridgehead atoms. The van der Waals surface area contributed by atoms with Crippen LogP contribution in [0.25, 0.3) is 16.6 Å². The summed E-state index contributed by atoms with van der Waals surface area (Å²) in [6.07, 6.45) is 0. The maximum absolute atomic E-state index is 14.0. The number of amides is 1. The second-order valence-electron chi connectivity index (χ2n) is 9.24. The molecule has 7 nitrogen and oxygen atoms in total. The molecule has 0 spiro atoms. The average molecular weight is 524 g/mol. The van der Waals surface area contributed by atoms with E-state index in [4.69, 9.17) is 4.74 Å². The number of methoxy groups -OCH3 is 1. The first-order chi connectivity index (χ1) is 18.8. The first-order valence-corrected chi connectivity index (χ1v) is 12.4. The van der Waals surface area contributed by atoms with Crippen LogP contribution in [0.5, 0.6) is 5.75 Å². The van der Waals surface area contributed by atoms with E-state index < -0.39 is 17.1 Å². The first kappa shape index (κ1) is 25.7. The second kappa shape index (κ2) is 10.8. The number of aryl methyl sites for hydroxylation is 1. The fourth-order valence-electron chi connectivity index (χ4n) is 4.43. The number of carbonyl (C=O) groups excluding carboxylic acids is 1. The summed E-state index contributed by atoms with van der Waals surface area (Å²) < 4.78 is 21.6. The number of nitrogens with one attached hydrogen (secondary N) is 1. The predicted molar refractivity (Wildman–Crippen MR) is 148 cm³/mol. The molecule has 1 aromatic heterocycles. The third-order valence-electron chi connectivity index (χ3n) is 6.54. The monoisotopic (exact) mass is 523 g/mol. The summed E-state index contributed by atoms with van der Waals surface area (Å²) in [5, 5.41) is 3.13. The Bertz CT molecular complexity index is 1790. The van der Waals surface area contributed by atoms with Crippen LogP contribution in [-0.2, 0) is 13.1 Å². The number of benzene rings is 4. The highest BCUT2D eigenvalue weighted by atomic mass is 19.1.